The van der Waals surface area contributed by atoms with E-state index in [2.05, 4.69) is 30.7 Å². The largest absolute Gasteiger partial charge is 0.416 e. The van der Waals surface area contributed by atoms with E-state index in [0.29, 0.717) is 18.7 Å². The van der Waals surface area contributed by atoms with E-state index < -0.39 is 11.7 Å². The highest BCUT2D eigenvalue weighted by Gasteiger charge is 2.30. The monoisotopic (exact) mass is 565 g/mol. The molecule has 32 heavy (non-hydrogen) atoms. The number of hydrogen-bond donors (Lipinski definition) is 2. The molecular formula is C21H31F3IN7. The Morgan fingerprint density at radius 2 is 2.00 bits per heavy atom. The van der Waals surface area contributed by atoms with Crippen molar-refractivity contribution < 1.29 is 13.2 Å². The van der Waals surface area contributed by atoms with Gasteiger partial charge in [-0.15, -0.1) is 34.2 Å². The van der Waals surface area contributed by atoms with E-state index in [-0.39, 0.29) is 30.0 Å². The van der Waals surface area contributed by atoms with E-state index in [1.54, 1.807) is 19.4 Å². The van der Waals surface area contributed by atoms with Crippen LogP contribution in [0.4, 0.5) is 13.2 Å². The minimum atomic E-state index is -4.30. The summed E-state index contributed by atoms with van der Waals surface area (Å²) in [6.07, 6.45) is 0.0847. The number of aromatic nitrogens is 3. The minimum absolute atomic E-state index is 0. The van der Waals surface area contributed by atoms with Crippen molar-refractivity contribution in [3.63, 3.8) is 0 Å². The molecule has 1 aromatic carbocycles. The number of rotatable bonds is 7. The van der Waals surface area contributed by atoms with Crippen LogP contribution in [0.15, 0.2) is 35.6 Å². The fourth-order valence-corrected chi connectivity index (χ4v) is 3.76. The predicted octanol–water partition coefficient (Wildman–Crippen LogP) is 3.31. The molecule has 0 radical (unpaired) electrons. The highest BCUT2D eigenvalue weighted by molar-refractivity contribution is 14.0. The molecule has 0 aliphatic carbocycles. The number of aryl methyl sites for hydroxylation is 1. The zero-order valence-corrected chi connectivity index (χ0v) is 20.7. The molecule has 0 bridgehead atoms. The maximum absolute atomic E-state index is 12.9. The van der Waals surface area contributed by atoms with Gasteiger partial charge in [0, 0.05) is 52.2 Å². The van der Waals surface area contributed by atoms with Gasteiger partial charge in [-0.25, -0.2) is 0 Å². The molecule has 7 nitrogen and oxygen atoms in total. The Labute approximate surface area is 203 Å². The van der Waals surface area contributed by atoms with Crippen LogP contribution < -0.4 is 10.6 Å². The summed E-state index contributed by atoms with van der Waals surface area (Å²) < 4.78 is 40.8. The summed E-state index contributed by atoms with van der Waals surface area (Å²) in [4.78, 5) is 6.49. The van der Waals surface area contributed by atoms with Crippen molar-refractivity contribution >= 4 is 29.9 Å². The molecule has 1 saturated heterocycles. The molecule has 1 fully saturated rings. The molecule has 1 aliphatic rings. The lowest BCUT2D eigenvalue weighted by Gasteiger charge is -2.33. The summed E-state index contributed by atoms with van der Waals surface area (Å²) in [5, 5.41) is 14.8. The maximum Gasteiger partial charge on any atom is 0.416 e. The molecule has 178 valence electrons. The number of alkyl halides is 3. The average Bonchev–Trinajstić information content (AvgIpc) is 3.21. The molecule has 1 aliphatic heterocycles. The van der Waals surface area contributed by atoms with Crippen LogP contribution in [0.2, 0.25) is 0 Å². The summed E-state index contributed by atoms with van der Waals surface area (Å²) in [5.41, 5.74) is 0.105. The fourth-order valence-electron chi connectivity index (χ4n) is 3.76. The van der Waals surface area contributed by atoms with Crippen LogP contribution in [0.5, 0.6) is 0 Å². The molecular weight excluding hydrogens is 534 g/mol. The van der Waals surface area contributed by atoms with Crippen molar-refractivity contribution in [3.05, 3.63) is 47.5 Å². The van der Waals surface area contributed by atoms with E-state index in [9.17, 15) is 13.2 Å². The molecule has 2 heterocycles. The minimum Gasteiger partial charge on any atom is -0.355 e. The molecule has 2 N–H and O–H groups in total. The zero-order chi connectivity index (χ0) is 22.3. The summed E-state index contributed by atoms with van der Waals surface area (Å²) in [5.74, 6) is 1.71. The van der Waals surface area contributed by atoms with Crippen LogP contribution in [-0.2, 0) is 25.7 Å². The fraction of sp³-hybridized carbons (Fsp3) is 0.571. The molecule has 0 spiro atoms. The number of piperidine rings is 1. The normalized spacial score (nSPS) is 16.0. The Morgan fingerprint density at radius 3 is 2.66 bits per heavy atom. The second-order valence-corrected chi connectivity index (χ2v) is 7.69. The molecule has 0 saturated carbocycles. The Balaban J connectivity index is 0.00000363. The molecule has 0 unspecified atom stereocenters. The summed E-state index contributed by atoms with van der Waals surface area (Å²) in [7, 11) is 1.74. The topological polar surface area (TPSA) is 70.4 Å². The van der Waals surface area contributed by atoms with Crippen molar-refractivity contribution in [1.82, 2.24) is 30.3 Å². The van der Waals surface area contributed by atoms with Gasteiger partial charge in [-0.1, -0.05) is 25.1 Å². The van der Waals surface area contributed by atoms with E-state index in [1.165, 1.54) is 12.1 Å². The lowest BCUT2D eigenvalue weighted by Crippen LogP contribution is -2.49. The number of halogens is 4. The second-order valence-electron chi connectivity index (χ2n) is 7.69. The maximum atomic E-state index is 12.9. The van der Waals surface area contributed by atoms with Gasteiger partial charge in [0.15, 0.2) is 5.96 Å². The van der Waals surface area contributed by atoms with Gasteiger partial charge in [-0.3, -0.25) is 9.89 Å². The van der Waals surface area contributed by atoms with Gasteiger partial charge < -0.3 is 15.2 Å². The first-order chi connectivity index (χ1) is 14.9. The van der Waals surface area contributed by atoms with Gasteiger partial charge in [0.2, 0.25) is 0 Å². The SMILES string of the molecule is CCc1nncn1CCNC(=NC)NC1CCN(Cc2cccc(C(F)(F)F)c2)CC1.I. The quantitative estimate of drug-likeness (QED) is 0.307. The number of aliphatic imine (C=N–C) groups is 1. The average molecular weight is 565 g/mol. The van der Waals surface area contributed by atoms with Crippen molar-refractivity contribution in [2.45, 2.75) is 51.5 Å². The number of nitrogens with zero attached hydrogens (tertiary/aromatic N) is 5. The molecule has 1 aromatic heterocycles. The highest BCUT2D eigenvalue weighted by Crippen LogP contribution is 2.30. The molecule has 0 amide bonds. The standard InChI is InChI=1S/C21H30F3N7.HI/c1-3-19-29-27-15-31(19)12-9-26-20(25-2)28-18-7-10-30(11-8-18)14-16-5-4-6-17(13-16)21(22,23)24;/h4-6,13,15,18H,3,7-12,14H2,1-2H3,(H2,25,26,28);1H. The first kappa shape index (κ1) is 26.4. The van der Waals surface area contributed by atoms with Crippen molar-refractivity contribution in [2.75, 3.05) is 26.7 Å². The molecule has 2 aromatic rings. The molecule has 3 rings (SSSR count). The van der Waals surface area contributed by atoms with Gasteiger partial charge in [0.1, 0.15) is 12.2 Å². The predicted molar refractivity (Wildman–Crippen MR) is 129 cm³/mol. The Kier molecular flexibility index (Phi) is 10.2. The first-order valence-electron chi connectivity index (χ1n) is 10.6. The number of nitrogens with one attached hydrogen (secondary N) is 2. The Bertz CT molecular complexity index is 861. The summed E-state index contributed by atoms with van der Waals surface area (Å²) in [6, 6.07) is 5.88. The van der Waals surface area contributed by atoms with Gasteiger partial charge in [-0.2, -0.15) is 13.2 Å². The van der Waals surface area contributed by atoms with Crippen molar-refractivity contribution in [2.24, 2.45) is 4.99 Å². The van der Waals surface area contributed by atoms with E-state index in [0.717, 1.165) is 56.7 Å². The van der Waals surface area contributed by atoms with Crippen molar-refractivity contribution in [3.8, 4) is 0 Å². The third-order valence-electron chi connectivity index (χ3n) is 5.47. The van der Waals surface area contributed by atoms with Crippen molar-refractivity contribution in [1.29, 1.82) is 0 Å². The number of likely N-dealkylation sites (tertiary alicyclic amines) is 1. The zero-order valence-electron chi connectivity index (χ0n) is 18.4. The third kappa shape index (κ3) is 7.61. The third-order valence-corrected chi connectivity index (χ3v) is 5.47. The second kappa shape index (κ2) is 12.4. The van der Waals surface area contributed by atoms with Gasteiger partial charge in [0.25, 0.3) is 0 Å². The Hall–Kier alpha value is -1.89. The van der Waals surface area contributed by atoms with E-state index >= 15 is 0 Å². The van der Waals surface area contributed by atoms with Gasteiger partial charge >= 0.3 is 6.18 Å². The van der Waals surface area contributed by atoms with Crippen LogP contribution >= 0.6 is 24.0 Å². The van der Waals surface area contributed by atoms with Crippen LogP contribution in [0.3, 0.4) is 0 Å². The number of guanidine groups is 1. The summed E-state index contributed by atoms with van der Waals surface area (Å²) in [6.45, 7) is 5.69. The lowest BCUT2D eigenvalue weighted by molar-refractivity contribution is -0.137. The lowest BCUT2D eigenvalue weighted by atomic mass is 10.0. The van der Waals surface area contributed by atoms with Crippen LogP contribution in [-0.4, -0.2) is 58.3 Å². The first-order valence-corrected chi connectivity index (χ1v) is 10.6. The Morgan fingerprint density at radius 1 is 1.25 bits per heavy atom. The van der Waals surface area contributed by atoms with Crippen LogP contribution in [0.1, 0.15) is 36.7 Å². The van der Waals surface area contributed by atoms with Crippen LogP contribution in [0, 0.1) is 0 Å². The highest BCUT2D eigenvalue weighted by atomic mass is 127. The van der Waals surface area contributed by atoms with E-state index in [4.69, 9.17) is 0 Å². The number of hydrogen-bond acceptors (Lipinski definition) is 4. The van der Waals surface area contributed by atoms with Gasteiger partial charge in [-0.05, 0) is 24.5 Å². The van der Waals surface area contributed by atoms with Crippen LogP contribution in [0.25, 0.3) is 0 Å². The molecule has 11 heteroatoms. The number of benzene rings is 1. The smallest absolute Gasteiger partial charge is 0.355 e. The van der Waals surface area contributed by atoms with E-state index in [1.807, 2.05) is 11.5 Å². The van der Waals surface area contributed by atoms with Gasteiger partial charge in [0.05, 0.1) is 5.56 Å². The summed E-state index contributed by atoms with van der Waals surface area (Å²) >= 11 is 0. The molecule has 0 atom stereocenters.